The van der Waals surface area contributed by atoms with Gasteiger partial charge in [0.15, 0.2) is 0 Å². The van der Waals surface area contributed by atoms with Crippen molar-refractivity contribution < 1.29 is 9.47 Å². The highest BCUT2D eigenvalue weighted by molar-refractivity contribution is 6.32. The van der Waals surface area contributed by atoms with Crippen molar-refractivity contribution in [2.24, 2.45) is 0 Å². The zero-order valence-electron chi connectivity index (χ0n) is 35.6. The number of rotatable bonds is 11. The van der Waals surface area contributed by atoms with Gasteiger partial charge in [-0.05, 0) is 95.1 Å². The predicted octanol–water partition coefficient (Wildman–Crippen LogP) is 12.5. The van der Waals surface area contributed by atoms with Gasteiger partial charge in [0, 0.05) is 51.3 Å². The lowest BCUT2D eigenvalue weighted by molar-refractivity contribution is 0.416. The number of nitrogens with one attached hydrogen (secondary N) is 1. The predicted molar refractivity (Wildman–Crippen MR) is 261 cm³/mol. The number of imidazole rings is 2. The molecule has 0 aliphatic rings. The molecule has 324 valence electrons. The van der Waals surface area contributed by atoms with E-state index in [0.29, 0.717) is 30.3 Å². The van der Waals surface area contributed by atoms with Gasteiger partial charge < -0.3 is 19.0 Å². The molecule has 0 radical (unpaired) electrons. The maximum Gasteiger partial charge on any atom is 0.128 e. The standard InChI is InChI=1S/C26H21ClN4O.C19H16Cl2N2O.C7H6N2/c1-32-26-9-5-2-6-21(26)24-14-20(28-16-29-24)13-18-10-11-22(27)19(12-18)15-31-17-30-23-7-3-4-8-25(23)31;1-24-19-5-3-2-4-16(19)18-10-15(22-12-23-18)9-13-6-7-17(21)14(8-13)11-20;1-2-4-7-6(3-1)8-5-9-7/h2-12,14,16-17H,13,15H2,1H3;2-8,10,12H,9,11H2,1H3;1-5H,(H,8,9). The lowest BCUT2D eigenvalue weighted by Crippen LogP contribution is -2.01. The molecule has 0 unspecified atom stereocenters. The molecule has 0 saturated carbocycles. The SMILES string of the molecule is COc1ccccc1-c1cc(Cc2ccc(Cl)c(CCl)c2)ncn1.COc1ccccc1-c1cc(Cc2ccc(Cl)c(Cn3cnc4ccccc43)c2)ncn1.c1ccc2[nH]cnc2c1. The summed E-state index contributed by atoms with van der Waals surface area (Å²) in [5.41, 5.74) is 13.8. The summed E-state index contributed by atoms with van der Waals surface area (Å²) in [6.07, 6.45) is 8.11. The maximum atomic E-state index is 6.53. The topological polar surface area (TPSA) is 117 Å². The second-order valence-corrected chi connectivity index (χ2v) is 15.9. The third-order valence-electron chi connectivity index (χ3n) is 10.5. The first kappa shape index (κ1) is 44.5. The van der Waals surface area contributed by atoms with Crippen molar-refractivity contribution in [2.45, 2.75) is 25.3 Å². The number of nitrogens with zero attached hydrogens (tertiary/aromatic N) is 7. The van der Waals surface area contributed by atoms with E-state index in [2.05, 4.69) is 51.6 Å². The number of methoxy groups -OCH3 is 2. The van der Waals surface area contributed by atoms with Crippen molar-refractivity contribution in [3.05, 3.63) is 215 Å². The lowest BCUT2D eigenvalue weighted by atomic mass is 10.0. The van der Waals surface area contributed by atoms with E-state index >= 15 is 0 Å². The molecule has 10 aromatic rings. The quantitative estimate of drug-likeness (QED) is 0.128. The fraction of sp³-hybridized carbons (Fsp3) is 0.115. The van der Waals surface area contributed by atoms with E-state index in [-0.39, 0.29) is 0 Å². The van der Waals surface area contributed by atoms with Gasteiger partial charge in [-0.1, -0.05) is 96.0 Å². The number of alkyl halides is 1. The van der Waals surface area contributed by atoms with Gasteiger partial charge in [-0.3, -0.25) is 0 Å². The van der Waals surface area contributed by atoms with Crippen LogP contribution in [0.25, 0.3) is 44.6 Å². The van der Waals surface area contributed by atoms with Crippen LogP contribution in [0, 0.1) is 0 Å². The Labute approximate surface area is 391 Å². The van der Waals surface area contributed by atoms with Gasteiger partial charge in [0.1, 0.15) is 24.2 Å². The summed E-state index contributed by atoms with van der Waals surface area (Å²) >= 11 is 18.6. The minimum Gasteiger partial charge on any atom is -0.496 e. The van der Waals surface area contributed by atoms with Crippen LogP contribution < -0.4 is 9.47 Å². The van der Waals surface area contributed by atoms with Gasteiger partial charge in [-0.2, -0.15) is 0 Å². The number of halogens is 3. The first-order valence-corrected chi connectivity index (χ1v) is 21.9. The van der Waals surface area contributed by atoms with Crippen molar-refractivity contribution in [1.29, 1.82) is 0 Å². The molecule has 0 fully saturated rings. The Morgan fingerprint density at radius 2 is 1.08 bits per heavy atom. The number of ether oxygens (including phenoxy) is 2. The molecule has 13 heteroatoms. The van der Waals surface area contributed by atoms with Gasteiger partial charge in [-0.15, -0.1) is 11.6 Å². The number of aromatic nitrogens is 8. The van der Waals surface area contributed by atoms with Crippen LogP contribution in [0.5, 0.6) is 11.5 Å². The molecule has 4 aromatic heterocycles. The highest BCUT2D eigenvalue weighted by Crippen LogP contribution is 2.30. The van der Waals surface area contributed by atoms with Crippen LogP contribution in [0.15, 0.2) is 171 Å². The summed E-state index contributed by atoms with van der Waals surface area (Å²) in [5.74, 6) is 1.97. The molecule has 4 heterocycles. The van der Waals surface area contributed by atoms with E-state index in [1.807, 2.05) is 140 Å². The third-order valence-corrected chi connectivity index (χ3v) is 11.6. The Morgan fingerprint density at radius 1 is 0.538 bits per heavy atom. The fourth-order valence-corrected chi connectivity index (χ4v) is 7.96. The monoisotopic (exact) mass is 916 g/mol. The van der Waals surface area contributed by atoms with Crippen LogP contribution in [0.3, 0.4) is 0 Å². The van der Waals surface area contributed by atoms with E-state index in [0.717, 1.165) is 94.7 Å². The number of para-hydroxylation sites is 6. The van der Waals surface area contributed by atoms with Gasteiger partial charge >= 0.3 is 0 Å². The smallest absolute Gasteiger partial charge is 0.128 e. The van der Waals surface area contributed by atoms with Crippen molar-refractivity contribution in [3.8, 4) is 34.0 Å². The van der Waals surface area contributed by atoms with E-state index in [9.17, 15) is 0 Å². The summed E-state index contributed by atoms with van der Waals surface area (Å²) in [6.45, 7) is 0.656. The molecule has 0 amide bonds. The number of benzene rings is 6. The molecule has 1 N–H and O–H groups in total. The van der Waals surface area contributed by atoms with Crippen molar-refractivity contribution in [3.63, 3.8) is 0 Å². The summed E-state index contributed by atoms with van der Waals surface area (Å²) in [6, 6.07) is 47.7. The lowest BCUT2D eigenvalue weighted by Gasteiger charge is -2.11. The van der Waals surface area contributed by atoms with E-state index in [1.165, 1.54) is 0 Å². The molecule has 6 aromatic carbocycles. The first-order chi connectivity index (χ1) is 31.9. The molecule has 65 heavy (non-hydrogen) atoms. The Balaban J connectivity index is 0.000000152. The maximum absolute atomic E-state index is 6.53. The Kier molecular flexibility index (Phi) is 14.7. The molecule has 10 nitrogen and oxygen atoms in total. The van der Waals surface area contributed by atoms with Crippen LogP contribution in [0.1, 0.15) is 33.6 Å². The summed E-state index contributed by atoms with van der Waals surface area (Å²) < 4.78 is 13.0. The average Bonchev–Trinajstić information content (AvgIpc) is 4.01. The molecular formula is C52H43Cl3N8O2. The highest BCUT2D eigenvalue weighted by atomic mass is 35.5. The molecule has 0 aliphatic carbocycles. The second kappa shape index (κ2) is 21.5. The zero-order chi connectivity index (χ0) is 45.0. The number of H-pyrrole nitrogens is 1. The molecule has 10 rings (SSSR count). The Morgan fingerprint density at radius 3 is 1.68 bits per heavy atom. The van der Waals surface area contributed by atoms with Crippen molar-refractivity contribution in [1.82, 2.24) is 39.5 Å². The van der Waals surface area contributed by atoms with Crippen molar-refractivity contribution in [2.75, 3.05) is 14.2 Å². The molecule has 0 atom stereocenters. The molecule has 0 saturated heterocycles. The van der Waals surface area contributed by atoms with Crippen LogP contribution in [0.4, 0.5) is 0 Å². The highest BCUT2D eigenvalue weighted by Gasteiger charge is 2.12. The number of aromatic amines is 1. The van der Waals surface area contributed by atoms with Crippen LogP contribution in [0.2, 0.25) is 10.0 Å². The van der Waals surface area contributed by atoms with Gasteiger partial charge in [0.25, 0.3) is 0 Å². The minimum atomic E-state index is 0.392. The van der Waals surface area contributed by atoms with E-state index in [4.69, 9.17) is 44.3 Å². The summed E-state index contributed by atoms with van der Waals surface area (Å²) in [4.78, 5) is 29.2. The van der Waals surface area contributed by atoms with Crippen LogP contribution in [-0.4, -0.2) is 53.7 Å². The van der Waals surface area contributed by atoms with E-state index in [1.54, 1.807) is 33.2 Å². The molecule has 0 spiro atoms. The van der Waals surface area contributed by atoms with Gasteiger partial charge in [0.05, 0.1) is 66.9 Å². The largest absolute Gasteiger partial charge is 0.496 e. The third kappa shape index (κ3) is 11.2. The first-order valence-electron chi connectivity index (χ1n) is 20.7. The van der Waals surface area contributed by atoms with Gasteiger partial charge in [0.2, 0.25) is 0 Å². The van der Waals surface area contributed by atoms with Crippen LogP contribution in [-0.2, 0) is 25.3 Å². The van der Waals surface area contributed by atoms with Crippen molar-refractivity contribution >= 4 is 56.9 Å². The number of hydrogen-bond donors (Lipinski definition) is 1. The average molecular weight is 918 g/mol. The summed E-state index contributed by atoms with van der Waals surface area (Å²) in [7, 11) is 3.32. The second-order valence-electron chi connectivity index (χ2n) is 14.8. The van der Waals surface area contributed by atoms with Gasteiger partial charge in [-0.25, -0.2) is 29.9 Å². The Bertz CT molecular complexity index is 3140. The zero-order valence-corrected chi connectivity index (χ0v) is 37.8. The number of fused-ring (bicyclic) bond motifs is 2. The summed E-state index contributed by atoms with van der Waals surface area (Å²) in [5, 5.41) is 1.43. The molecular weight excluding hydrogens is 875 g/mol. The molecule has 0 aliphatic heterocycles. The normalized spacial score (nSPS) is 10.8. The Hall–Kier alpha value is -7.11. The number of hydrogen-bond acceptors (Lipinski definition) is 8. The fourth-order valence-electron chi connectivity index (χ4n) is 7.31. The van der Waals surface area contributed by atoms with E-state index < -0.39 is 0 Å². The minimum absolute atomic E-state index is 0.392. The molecule has 0 bridgehead atoms. The van der Waals surface area contributed by atoms with Crippen LogP contribution >= 0.6 is 34.8 Å².